The standard InChI is InChI=1S/C32H42N4O4/c1-32(2)26-10-5-6-11-28(26)36(31(32)39)24-14-16-35(17-15-24)30(38)27(19-21-8-7-9-25(18-21)40-4)34-29(37)22-12-13-23(20-22)33-3/h5-11,18,22-24,27,33H,12-17,19-20H2,1-4H3,(H,34,37)/t22-,23+,27-/m0/s1. The molecular weight excluding hydrogens is 504 g/mol. The second-order valence-electron chi connectivity index (χ2n) is 12.0. The second kappa shape index (κ2) is 11.6. The van der Waals surface area contributed by atoms with Crippen LogP contribution in [-0.4, -0.2) is 68.0 Å². The number of nitrogens with zero attached hydrogens (tertiary/aromatic N) is 2. The monoisotopic (exact) mass is 546 g/mol. The molecule has 1 saturated heterocycles. The Bertz CT molecular complexity index is 1250. The number of carbonyl (C=O) groups is 3. The van der Waals surface area contributed by atoms with Crippen molar-refractivity contribution in [1.82, 2.24) is 15.5 Å². The van der Waals surface area contributed by atoms with E-state index in [0.717, 1.165) is 41.8 Å². The van der Waals surface area contributed by atoms with Crippen molar-refractivity contribution in [2.75, 3.05) is 32.1 Å². The van der Waals surface area contributed by atoms with Gasteiger partial charge in [-0.05, 0) is 82.3 Å². The van der Waals surface area contributed by atoms with E-state index in [1.54, 1.807) is 7.11 Å². The van der Waals surface area contributed by atoms with Crippen LogP contribution in [-0.2, 0) is 26.2 Å². The van der Waals surface area contributed by atoms with E-state index in [-0.39, 0.29) is 29.7 Å². The van der Waals surface area contributed by atoms with Gasteiger partial charge in [0.1, 0.15) is 11.8 Å². The smallest absolute Gasteiger partial charge is 0.245 e. The lowest BCUT2D eigenvalue weighted by Gasteiger charge is -2.39. The molecule has 40 heavy (non-hydrogen) atoms. The first-order valence-corrected chi connectivity index (χ1v) is 14.6. The second-order valence-corrected chi connectivity index (χ2v) is 12.0. The van der Waals surface area contributed by atoms with Crippen LogP contribution >= 0.6 is 0 Å². The van der Waals surface area contributed by atoms with Crippen LogP contribution in [0, 0.1) is 5.92 Å². The maximum atomic E-state index is 13.9. The fraction of sp³-hybridized carbons (Fsp3) is 0.531. The SMILES string of the molecule is CN[C@@H]1CC[C@H](C(=O)N[C@@H](Cc2cccc(OC)c2)C(=O)N2CCC(N3C(=O)C(C)(C)c4ccccc43)CC2)C1. The topological polar surface area (TPSA) is 91.0 Å². The Morgan fingerprint density at radius 2 is 1.80 bits per heavy atom. The van der Waals surface area contributed by atoms with E-state index in [1.807, 2.05) is 79.2 Å². The lowest BCUT2D eigenvalue weighted by molar-refractivity contribution is -0.138. The number of hydrogen-bond acceptors (Lipinski definition) is 5. The third kappa shape index (κ3) is 5.46. The summed E-state index contributed by atoms with van der Waals surface area (Å²) in [6.45, 7) is 5.07. The summed E-state index contributed by atoms with van der Waals surface area (Å²) in [7, 11) is 3.55. The third-order valence-corrected chi connectivity index (χ3v) is 9.13. The van der Waals surface area contributed by atoms with E-state index in [1.165, 1.54) is 0 Å². The Labute approximate surface area is 237 Å². The summed E-state index contributed by atoms with van der Waals surface area (Å²) in [6.07, 6.45) is 4.38. The number of anilines is 1. The Morgan fingerprint density at radius 3 is 2.50 bits per heavy atom. The van der Waals surface area contributed by atoms with E-state index in [9.17, 15) is 14.4 Å². The van der Waals surface area contributed by atoms with Crippen molar-refractivity contribution in [1.29, 1.82) is 0 Å². The zero-order valence-electron chi connectivity index (χ0n) is 24.1. The molecule has 0 bridgehead atoms. The van der Waals surface area contributed by atoms with E-state index in [2.05, 4.69) is 10.6 Å². The normalized spacial score (nSPS) is 23.1. The van der Waals surface area contributed by atoms with Crippen LogP contribution in [0.25, 0.3) is 0 Å². The molecule has 1 saturated carbocycles. The van der Waals surface area contributed by atoms with Crippen LogP contribution in [0.1, 0.15) is 57.1 Å². The molecule has 2 aromatic rings. The van der Waals surface area contributed by atoms with Gasteiger partial charge in [0.25, 0.3) is 0 Å². The van der Waals surface area contributed by atoms with E-state index >= 15 is 0 Å². The van der Waals surface area contributed by atoms with Gasteiger partial charge in [-0.2, -0.15) is 0 Å². The Kier molecular flexibility index (Phi) is 8.17. The third-order valence-electron chi connectivity index (χ3n) is 9.13. The van der Waals surface area contributed by atoms with Gasteiger partial charge in [-0.25, -0.2) is 0 Å². The molecule has 0 spiro atoms. The molecule has 8 nitrogen and oxygen atoms in total. The number of nitrogens with one attached hydrogen (secondary N) is 2. The minimum atomic E-state index is -0.655. The number of benzene rings is 2. The Balaban J connectivity index is 1.29. The molecular formula is C32H42N4O4. The minimum absolute atomic E-state index is 0.0443. The molecule has 214 valence electrons. The van der Waals surface area contributed by atoms with Crippen molar-refractivity contribution in [3.05, 3.63) is 59.7 Å². The number of hydrogen-bond donors (Lipinski definition) is 2. The highest BCUT2D eigenvalue weighted by molar-refractivity contribution is 6.08. The largest absolute Gasteiger partial charge is 0.497 e. The number of para-hydroxylation sites is 1. The van der Waals surface area contributed by atoms with Crippen LogP contribution in [0.2, 0.25) is 0 Å². The first-order chi connectivity index (χ1) is 19.2. The number of piperidine rings is 1. The van der Waals surface area contributed by atoms with Crippen LogP contribution < -0.4 is 20.3 Å². The highest BCUT2D eigenvalue weighted by Gasteiger charge is 2.47. The molecule has 3 amide bonds. The molecule has 8 heteroatoms. The van der Waals surface area contributed by atoms with Crippen molar-refractivity contribution in [3.63, 3.8) is 0 Å². The van der Waals surface area contributed by atoms with Gasteiger partial charge in [0.2, 0.25) is 17.7 Å². The van der Waals surface area contributed by atoms with Crippen molar-refractivity contribution < 1.29 is 19.1 Å². The molecule has 3 aliphatic rings. The zero-order valence-corrected chi connectivity index (χ0v) is 24.1. The van der Waals surface area contributed by atoms with Gasteiger partial charge in [0.15, 0.2) is 0 Å². The predicted octanol–water partition coefficient (Wildman–Crippen LogP) is 3.43. The molecule has 0 aromatic heterocycles. The molecule has 3 atom stereocenters. The molecule has 0 radical (unpaired) electrons. The quantitative estimate of drug-likeness (QED) is 0.530. The number of rotatable bonds is 8. The molecule has 2 aliphatic heterocycles. The van der Waals surface area contributed by atoms with Crippen molar-refractivity contribution in [2.24, 2.45) is 5.92 Å². The maximum absolute atomic E-state index is 13.9. The van der Waals surface area contributed by atoms with E-state index in [0.29, 0.717) is 38.4 Å². The van der Waals surface area contributed by atoms with Crippen molar-refractivity contribution in [3.8, 4) is 5.75 Å². The molecule has 1 aliphatic carbocycles. The highest BCUT2D eigenvalue weighted by atomic mass is 16.5. The fourth-order valence-corrected chi connectivity index (χ4v) is 6.67. The van der Waals surface area contributed by atoms with Crippen molar-refractivity contribution >= 4 is 23.4 Å². The molecule has 2 aromatic carbocycles. The number of methoxy groups -OCH3 is 1. The van der Waals surface area contributed by atoms with E-state index < -0.39 is 11.5 Å². The highest BCUT2D eigenvalue weighted by Crippen LogP contribution is 2.43. The molecule has 2 N–H and O–H groups in total. The van der Waals surface area contributed by atoms with E-state index in [4.69, 9.17) is 4.74 Å². The first kappa shape index (κ1) is 28.1. The Morgan fingerprint density at radius 1 is 1.05 bits per heavy atom. The van der Waals surface area contributed by atoms with Gasteiger partial charge < -0.3 is 25.2 Å². The number of likely N-dealkylation sites (tertiary alicyclic amines) is 1. The van der Waals surface area contributed by atoms with Crippen LogP contribution in [0.3, 0.4) is 0 Å². The van der Waals surface area contributed by atoms with Crippen LogP contribution in [0.15, 0.2) is 48.5 Å². The van der Waals surface area contributed by atoms with Gasteiger partial charge in [-0.3, -0.25) is 14.4 Å². The van der Waals surface area contributed by atoms with Gasteiger partial charge in [0.05, 0.1) is 12.5 Å². The molecule has 2 fully saturated rings. The van der Waals surface area contributed by atoms with Gasteiger partial charge in [0, 0.05) is 43.2 Å². The molecule has 2 heterocycles. The van der Waals surface area contributed by atoms with Gasteiger partial charge in [-0.1, -0.05) is 30.3 Å². The van der Waals surface area contributed by atoms with Gasteiger partial charge in [-0.15, -0.1) is 0 Å². The summed E-state index contributed by atoms with van der Waals surface area (Å²) >= 11 is 0. The maximum Gasteiger partial charge on any atom is 0.245 e. The first-order valence-electron chi connectivity index (χ1n) is 14.6. The number of amides is 3. The Hall–Kier alpha value is -3.39. The van der Waals surface area contributed by atoms with Crippen molar-refractivity contribution in [2.45, 2.75) is 75.9 Å². The summed E-state index contributed by atoms with van der Waals surface area (Å²) in [4.78, 5) is 44.5. The number of carbonyl (C=O) groups excluding carboxylic acids is 3. The van der Waals surface area contributed by atoms with Crippen LogP contribution in [0.4, 0.5) is 5.69 Å². The minimum Gasteiger partial charge on any atom is -0.497 e. The van der Waals surface area contributed by atoms with Gasteiger partial charge >= 0.3 is 0 Å². The predicted molar refractivity (Wildman–Crippen MR) is 155 cm³/mol. The summed E-state index contributed by atoms with van der Waals surface area (Å²) in [6, 6.07) is 15.4. The molecule has 0 unspecified atom stereocenters. The van der Waals surface area contributed by atoms with Crippen LogP contribution in [0.5, 0.6) is 5.75 Å². The summed E-state index contributed by atoms with van der Waals surface area (Å²) < 4.78 is 5.39. The summed E-state index contributed by atoms with van der Waals surface area (Å²) in [5, 5.41) is 6.39. The zero-order chi connectivity index (χ0) is 28.4. The molecule has 5 rings (SSSR count). The summed E-state index contributed by atoms with van der Waals surface area (Å²) in [5.41, 5.74) is 2.44. The average molecular weight is 547 g/mol. The fourth-order valence-electron chi connectivity index (χ4n) is 6.67. The number of fused-ring (bicyclic) bond motifs is 1. The summed E-state index contributed by atoms with van der Waals surface area (Å²) in [5.74, 6) is 0.648. The number of ether oxygens (including phenoxy) is 1. The average Bonchev–Trinajstić information content (AvgIpc) is 3.54. The lowest BCUT2D eigenvalue weighted by Crippen LogP contribution is -2.55. The lowest BCUT2D eigenvalue weighted by atomic mass is 9.86.